The average molecular weight is 294 g/mol. The van der Waals surface area contributed by atoms with Gasteiger partial charge in [0.05, 0.1) is 12.7 Å². The van der Waals surface area contributed by atoms with E-state index >= 15 is 0 Å². The number of nitrogen functional groups attached to an aromatic ring is 1. The fraction of sp³-hybridized carbons (Fsp3) is 0.167. The lowest BCUT2D eigenvalue weighted by molar-refractivity contribution is 0.637. The van der Waals surface area contributed by atoms with Crippen molar-refractivity contribution in [1.82, 2.24) is 9.78 Å². The molecule has 1 heterocycles. The van der Waals surface area contributed by atoms with Crippen LogP contribution < -0.4 is 11.3 Å². The molecule has 0 atom stereocenters. The summed E-state index contributed by atoms with van der Waals surface area (Å²) in [4.78, 5) is 11.7. The second kappa shape index (κ2) is 4.71. The van der Waals surface area contributed by atoms with Crippen LogP contribution in [0.15, 0.2) is 39.7 Å². The van der Waals surface area contributed by atoms with Gasteiger partial charge in [-0.2, -0.15) is 5.10 Å². The minimum atomic E-state index is -0.118. The molecule has 0 amide bonds. The van der Waals surface area contributed by atoms with Crippen LogP contribution in [0.1, 0.15) is 11.1 Å². The zero-order chi connectivity index (χ0) is 12.4. The van der Waals surface area contributed by atoms with Crippen LogP contribution in [-0.2, 0) is 6.54 Å². The van der Waals surface area contributed by atoms with Crippen molar-refractivity contribution < 1.29 is 0 Å². The predicted molar refractivity (Wildman–Crippen MR) is 70.9 cm³/mol. The van der Waals surface area contributed by atoms with Crippen LogP contribution in [0.2, 0.25) is 0 Å². The maximum absolute atomic E-state index is 11.7. The molecule has 0 aliphatic carbocycles. The molecule has 17 heavy (non-hydrogen) atoms. The van der Waals surface area contributed by atoms with Crippen molar-refractivity contribution >= 4 is 21.6 Å². The Morgan fingerprint density at radius 1 is 1.41 bits per heavy atom. The van der Waals surface area contributed by atoms with E-state index in [1.165, 1.54) is 4.68 Å². The first-order valence-corrected chi connectivity index (χ1v) is 5.93. The summed E-state index contributed by atoms with van der Waals surface area (Å²) in [5, 5.41) is 4.07. The molecule has 88 valence electrons. The summed E-state index contributed by atoms with van der Waals surface area (Å²) in [5.41, 5.74) is 8.14. The van der Waals surface area contributed by atoms with Crippen molar-refractivity contribution in [1.29, 1.82) is 0 Å². The zero-order valence-electron chi connectivity index (χ0n) is 9.35. The van der Waals surface area contributed by atoms with Crippen molar-refractivity contribution in [3.05, 3.63) is 56.4 Å². The van der Waals surface area contributed by atoms with Gasteiger partial charge in [-0.1, -0.05) is 22.0 Å². The first kappa shape index (κ1) is 11.9. The summed E-state index contributed by atoms with van der Waals surface area (Å²) < 4.78 is 2.31. The molecule has 1 aromatic carbocycles. The van der Waals surface area contributed by atoms with E-state index in [0.29, 0.717) is 12.2 Å². The van der Waals surface area contributed by atoms with Crippen LogP contribution >= 0.6 is 15.9 Å². The summed E-state index contributed by atoms with van der Waals surface area (Å²) in [6.07, 6.45) is 1.66. The minimum Gasteiger partial charge on any atom is -0.398 e. The van der Waals surface area contributed by atoms with Gasteiger partial charge in [0.15, 0.2) is 0 Å². The highest BCUT2D eigenvalue weighted by Gasteiger charge is 2.03. The molecule has 0 bridgehead atoms. The predicted octanol–water partition coefficient (Wildman–Crippen LogP) is 1.94. The Labute approximate surface area is 107 Å². The van der Waals surface area contributed by atoms with Crippen molar-refractivity contribution in [2.75, 3.05) is 5.73 Å². The topological polar surface area (TPSA) is 60.9 Å². The molecule has 0 aliphatic heterocycles. The fourth-order valence-corrected chi connectivity index (χ4v) is 1.89. The Morgan fingerprint density at radius 2 is 2.18 bits per heavy atom. The molecule has 0 unspecified atom stereocenters. The normalized spacial score (nSPS) is 10.5. The molecule has 4 nitrogen and oxygen atoms in total. The van der Waals surface area contributed by atoms with Crippen molar-refractivity contribution in [3.63, 3.8) is 0 Å². The van der Waals surface area contributed by atoms with Crippen LogP contribution in [0.25, 0.3) is 0 Å². The van der Waals surface area contributed by atoms with Crippen LogP contribution in [0.3, 0.4) is 0 Å². The molecule has 0 radical (unpaired) electrons. The molecule has 0 spiro atoms. The second-order valence-electron chi connectivity index (χ2n) is 3.87. The van der Waals surface area contributed by atoms with Crippen LogP contribution in [0.4, 0.5) is 5.69 Å². The van der Waals surface area contributed by atoms with Crippen LogP contribution in [-0.4, -0.2) is 9.78 Å². The second-order valence-corrected chi connectivity index (χ2v) is 4.79. The number of halogens is 1. The average Bonchev–Trinajstić information content (AvgIpc) is 2.25. The first-order valence-electron chi connectivity index (χ1n) is 5.14. The first-order chi connectivity index (χ1) is 8.06. The SMILES string of the molecule is Cc1cnn(Cc2ccc(Br)cc2N)c(=O)c1. The summed E-state index contributed by atoms with van der Waals surface area (Å²) in [6.45, 7) is 2.23. The van der Waals surface area contributed by atoms with Gasteiger partial charge in [-0.05, 0) is 30.2 Å². The minimum absolute atomic E-state index is 0.118. The van der Waals surface area contributed by atoms with Gasteiger partial charge in [0.25, 0.3) is 5.56 Å². The summed E-state index contributed by atoms with van der Waals surface area (Å²) in [6, 6.07) is 7.15. The summed E-state index contributed by atoms with van der Waals surface area (Å²) in [5.74, 6) is 0. The van der Waals surface area contributed by atoms with Gasteiger partial charge < -0.3 is 5.73 Å². The van der Waals surface area contributed by atoms with E-state index in [4.69, 9.17) is 5.73 Å². The Hall–Kier alpha value is -1.62. The zero-order valence-corrected chi connectivity index (χ0v) is 10.9. The Balaban J connectivity index is 2.35. The number of hydrogen-bond donors (Lipinski definition) is 1. The molecule has 0 aliphatic rings. The number of anilines is 1. The number of aromatic nitrogens is 2. The van der Waals surface area contributed by atoms with Gasteiger partial charge >= 0.3 is 0 Å². The smallest absolute Gasteiger partial charge is 0.267 e. The standard InChI is InChI=1S/C12H12BrN3O/c1-8-4-12(17)16(15-6-8)7-9-2-3-10(13)5-11(9)14/h2-6H,7,14H2,1H3. The highest BCUT2D eigenvalue weighted by atomic mass is 79.9. The monoisotopic (exact) mass is 293 g/mol. The number of nitrogens with zero attached hydrogens (tertiary/aromatic N) is 2. The van der Waals surface area contributed by atoms with Crippen molar-refractivity contribution in [2.45, 2.75) is 13.5 Å². The maximum atomic E-state index is 11.7. The fourth-order valence-electron chi connectivity index (χ4n) is 1.51. The molecule has 5 heteroatoms. The number of hydrogen-bond acceptors (Lipinski definition) is 3. The largest absolute Gasteiger partial charge is 0.398 e. The van der Waals surface area contributed by atoms with Crippen molar-refractivity contribution in [3.8, 4) is 0 Å². The summed E-state index contributed by atoms with van der Waals surface area (Å²) >= 11 is 3.34. The molecule has 0 fully saturated rings. The Bertz CT molecular complexity index is 607. The van der Waals surface area contributed by atoms with E-state index in [-0.39, 0.29) is 5.56 Å². The van der Waals surface area contributed by atoms with E-state index in [1.54, 1.807) is 12.3 Å². The third-order valence-corrected chi connectivity index (χ3v) is 2.93. The maximum Gasteiger partial charge on any atom is 0.267 e. The van der Waals surface area contributed by atoms with Gasteiger partial charge in [0.1, 0.15) is 0 Å². The Kier molecular flexibility index (Phi) is 3.28. The van der Waals surface area contributed by atoms with E-state index in [2.05, 4.69) is 21.0 Å². The van der Waals surface area contributed by atoms with Crippen molar-refractivity contribution in [2.24, 2.45) is 0 Å². The van der Waals surface area contributed by atoms with Gasteiger partial charge in [0.2, 0.25) is 0 Å². The highest BCUT2D eigenvalue weighted by molar-refractivity contribution is 9.10. The van der Waals surface area contributed by atoms with E-state index in [0.717, 1.165) is 15.6 Å². The van der Waals surface area contributed by atoms with Gasteiger partial charge in [-0.15, -0.1) is 0 Å². The number of aryl methyl sites for hydroxylation is 1. The molecule has 2 rings (SSSR count). The molecule has 0 saturated carbocycles. The highest BCUT2D eigenvalue weighted by Crippen LogP contribution is 2.18. The summed E-state index contributed by atoms with van der Waals surface area (Å²) in [7, 11) is 0. The van der Waals surface area contributed by atoms with Gasteiger partial charge in [0, 0.05) is 16.2 Å². The number of rotatable bonds is 2. The quantitative estimate of drug-likeness (QED) is 0.861. The van der Waals surface area contributed by atoms with Crippen LogP contribution in [0, 0.1) is 6.92 Å². The van der Waals surface area contributed by atoms with E-state index in [9.17, 15) is 4.79 Å². The molecular weight excluding hydrogens is 282 g/mol. The van der Waals surface area contributed by atoms with E-state index < -0.39 is 0 Å². The third kappa shape index (κ3) is 2.74. The third-order valence-electron chi connectivity index (χ3n) is 2.43. The molecule has 1 aromatic heterocycles. The number of nitrogens with two attached hydrogens (primary N) is 1. The lowest BCUT2D eigenvalue weighted by Gasteiger charge is -2.07. The Morgan fingerprint density at radius 3 is 2.82 bits per heavy atom. The van der Waals surface area contributed by atoms with Crippen LogP contribution in [0.5, 0.6) is 0 Å². The molecule has 2 aromatic rings. The lowest BCUT2D eigenvalue weighted by atomic mass is 10.2. The van der Waals surface area contributed by atoms with Gasteiger partial charge in [-0.3, -0.25) is 4.79 Å². The number of benzene rings is 1. The van der Waals surface area contributed by atoms with E-state index in [1.807, 2.05) is 25.1 Å². The lowest BCUT2D eigenvalue weighted by Crippen LogP contribution is -2.23. The van der Waals surface area contributed by atoms with Gasteiger partial charge in [-0.25, -0.2) is 4.68 Å². The molecule has 0 saturated heterocycles. The molecule has 2 N–H and O–H groups in total. The molecular formula is C12H12BrN3O.